The lowest BCUT2D eigenvalue weighted by atomic mass is 9.92. The van der Waals surface area contributed by atoms with E-state index in [2.05, 4.69) is 4.99 Å². The third-order valence-electron chi connectivity index (χ3n) is 2.61. The largest absolute Gasteiger partial charge is 0.491 e. The standard InChI is InChI=1S/C15H23N3O2/c1-15(2,3)13(16)10-14(17)18-11-5-4-6-12(9-11)20-8-7-19/h4-6,9-10,19H,7-8,16H2,1-3H3,(H2,17,18)/b13-10-. The molecular formula is C15H23N3O2. The van der Waals surface area contributed by atoms with Crippen LogP contribution in [0.3, 0.4) is 0 Å². The van der Waals surface area contributed by atoms with Crippen molar-refractivity contribution in [3.8, 4) is 5.75 Å². The first kappa shape index (κ1) is 16.0. The normalized spacial score (nSPS) is 13.4. The molecule has 1 aromatic rings. The maximum Gasteiger partial charge on any atom is 0.125 e. The zero-order chi connectivity index (χ0) is 15.2. The first-order valence-corrected chi connectivity index (χ1v) is 6.48. The molecule has 0 radical (unpaired) electrons. The Kier molecular flexibility index (Phi) is 5.58. The van der Waals surface area contributed by atoms with Gasteiger partial charge in [-0.25, -0.2) is 4.99 Å². The summed E-state index contributed by atoms with van der Waals surface area (Å²) in [6.45, 7) is 6.25. The van der Waals surface area contributed by atoms with Gasteiger partial charge < -0.3 is 21.3 Å². The van der Waals surface area contributed by atoms with Crippen LogP contribution >= 0.6 is 0 Å². The van der Waals surface area contributed by atoms with Crippen LogP contribution in [0, 0.1) is 5.41 Å². The molecule has 0 saturated carbocycles. The summed E-state index contributed by atoms with van der Waals surface area (Å²) in [5, 5.41) is 8.72. The summed E-state index contributed by atoms with van der Waals surface area (Å²) in [7, 11) is 0. The van der Waals surface area contributed by atoms with Crippen molar-refractivity contribution >= 4 is 11.5 Å². The molecule has 1 rings (SSSR count). The van der Waals surface area contributed by atoms with E-state index in [9.17, 15) is 0 Å². The highest BCUT2D eigenvalue weighted by molar-refractivity contribution is 5.94. The molecule has 20 heavy (non-hydrogen) atoms. The van der Waals surface area contributed by atoms with E-state index in [1.807, 2.05) is 32.9 Å². The number of hydrogen-bond donors (Lipinski definition) is 3. The van der Waals surface area contributed by atoms with E-state index in [1.54, 1.807) is 18.2 Å². The highest BCUT2D eigenvalue weighted by Crippen LogP contribution is 2.22. The maximum atomic E-state index is 8.72. The summed E-state index contributed by atoms with van der Waals surface area (Å²) in [5.74, 6) is 0.984. The van der Waals surface area contributed by atoms with Crippen molar-refractivity contribution < 1.29 is 9.84 Å². The highest BCUT2D eigenvalue weighted by atomic mass is 16.5. The lowest BCUT2D eigenvalue weighted by Crippen LogP contribution is -2.20. The second-order valence-corrected chi connectivity index (χ2v) is 5.46. The van der Waals surface area contributed by atoms with Crippen molar-refractivity contribution in [2.75, 3.05) is 13.2 Å². The predicted molar refractivity (Wildman–Crippen MR) is 82.0 cm³/mol. The lowest BCUT2D eigenvalue weighted by molar-refractivity contribution is 0.201. The molecule has 0 saturated heterocycles. The minimum absolute atomic E-state index is 0.0273. The monoisotopic (exact) mass is 277 g/mol. The smallest absolute Gasteiger partial charge is 0.125 e. The van der Waals surface area contributed by atoms with E-state index in [0.717, 1.165) is 0 Å². The Bertz CT molecular complexity index is 502. The van der Waals surface area contributed by atoms with Gasteiger partial charge in [0.05, 0.1) is 12.3 Å². The Morgan fingerprint density at radius 3 is 2.65 bits per heavy atom. The molecule has 0 fully saturated rings. The molecule has 0 aliphatic heterocycles. The third kappa shape index (κ3) is 5.32. The molecule has 0 spiro atoms. The molecule has 0 heterocycles. The van der Waals surface area contributed by atoms with Gasteiger partial charge in [0.25, 0.3) is 0 Å². The number of amidine groups is 1. The Labute approximate surface area is 120 Å². The average molecular weight is 277 g/mol. The van der Waals surface area contributed by atoms with E-state index in [0.29, 0.717) is 23.0 Å². The van der Waals surface area contributed by atoms with Gasteiger partial charge in [0, 0.05) is 17.2 Å². The zero-order valence-electron chi connectivity index (χ0n) is 12.3. The number of aliphatic imine (C=N–C) groups is 1. The van der Waals surface area contributed by atoms with Gasteiger partial charge in [-0.15, -0.1) is 0 Å². The zero-order valence-corrected chi connectivity index (χ0v) is 12.3. The quantitative estimate of drug-likeness (QED) is 0.566. The fourth-order valence-electron chi connectivity index (χ4n) is 1.36. The van der Waals surface area contributed by atoms with Gasteiger partial charge in [0.1, 0.15) is 18.2 Å². The highest BCUT2D eigenvalue weighted by Gasteiger charge is 2.13. The van der Waals surface area contributed by atoms with Gasteiger partial charge in [-0.2, -0.15) is 0 Å². The molecule has 0 bridgehead atoms. The number of hydrogen-bond acceptors (Lipinski definition) is 4. The molecule has 0 amide bonds. The first-order chi connectivity index (χ1) is 9.32. The van der Waals surface area contributed by atoms with E-state index in [1.165, 1.54) is 0 Å². The summed E-state index contributed by atoms with van der Waals surface area (Å²) in [6.07, 6.45) is 1.67. The minimum Gasteiger partial charge on any atom is -0.491 e. The Morgan fingerprint density at radius 1 is 1.35 bits per heavy atom. The van der Waals surface area contributed by atoms with Crippen LogP contribution in [0.5, 0.6) is 5.75 Å². The molecule has 0 aromatic heterocycles. The van der Waals surface area contributed by atoms with Crippen LogP contribution in [-0.4, -0.2) is 24.2 Å². The average Bonchev–Trinajstić information content (AvgIpc) is 2.35. The van der Waals surface area contributed by atoms with Crippen molar-refractivity contribution in [3.63, 3.8) is 0 Å². The van der Waals surface area contributed by atoms with Gasteiger partial charge in [-0.3, -0.25) is 0 Å². The number of benzene rings is 1. The Hall–Kier alpha value is -2.01. The number of aliphatic hydroxyl groups excluding tert-OH is 1. The van der Waals surface area contributed by atoms with E-state index >= 15 is 0 Å². The van der Waals surface area contributed by atoms with Crippen LogP contribution in [0.15, 0.2) is 41.0 Å². The molecule has 0 aliphatic carbocycles. The number of ether oxygens (including phenoxy) is 1. The topological polar surface area (TPSA) is 93.9 Å². The van der Waals surface area contributed by atoms with Crippen molar-refractivity contribution in [3.05, 3.63) is 36.0 Å². The van der Waals surface area contributed by atoms with Crippen LogP contribution in [0.1, 0.15) is 20.8 Å². The second kappa shape index (κ2) is 6.96. The summed E-state index contributed by atoms with van der Waals surface area (Å²) in [6, 6.07) is 7.18. The molecule has 5 nitrogen and oxygen atoms in total. The van der Waals surface area contributed by atoms with E-state index in [-0.39, 0.29) is 18.6 Å². The van der Waals surface area contributed by atoms with Crippen molar-refractivity contribution in [2.45, 2.75) is 20.8 Å². The molecule has 1 aromatic carbocycles. The number of aliphatic hydroxyl groups is 1. The number of nitrogens with two attached hydrogens (primary N) is 2. The van der Waals surface area contributed by atoms with E-state index < -0.39 is 0 Å². The van der Waals surface area contributed by atoms with E-state index in [4.69, 9.17) is 21.3 Å². The van der Waals surface area contributed by atoms with Crippen molar-refractivity contribution in [2.24, 2.45) is 21.9 Å². The summed E-state index contributed by atoms with van der Waals surface area (Å²) < 4.78 is 5.31. The van der Waals surface area contributed by atoms with Gasteiger partial charge in [-0.1, -0.05) is 26.8 Å². The van der Waals surface area contributed by atoms with Gasteiger partial charge in [-0.05, 0) is 18.2 Å². The molecule has 5 N–H and O–H groups in total. The van der Waals surface area contributed by atoms with Crippen LogP contribution in [-0.2, 0) is 0 Å². The molecular weight excluding hydrogens is 254 g/mol. The SMILES string of the molecule is CC(C)(C)/C(N)=C/C(N)=Nc1cccc(OCCO)c1. The van der Waals surface area contributed by atoms with Gasteiger partial charge >= 0.3 is 0 Å². The molecule has 0 aliphatic rings. The van der Waals surface area contributed by atoms with Crippen LogP contribution in [0.4, 0.5) is 5.69 Å². The first-order valence-electron chi connectivity index (χ1n) is 6.48. The summed E-state index contributed by atoms with van der Waals surface area (Å²) >= 11 is 0. The molecule has 5 heteroatoms. The van der Waals surface area contributed by atoms with Gasteiger partial charge in [0.2, 0.25) is 0 Å². The number of nitrogens with zero attached hydrogens (tertiary/aromatic N) is 1. The van der Waals surface area contributed by atoms with Crippen LogP contribution in [0.2, 0.25) is 0 Å². The summed E-state index contributed by atoms with van der Waals surface area (Å²) in [4.78, 5) is 4.28. The minimum atomic E-state index is -0.147. The fraction of sp³-hybridized carbons (Fsp3) is 0.400. The Morgan fingerprint density at radius 2 is 2.05 bits per heavy atom. The lowest BCUT2D eigenvalue weighted by Gasteiger charge is -2.18. The third-order valence-corrected chi connectivity index (χ3v) is 2.61. The molecule has 0 atom stereocenters. The van der Waals surface area contributed by atoms with Gasteiger partial charge in [0.15, 0.2) is 0 Å². The second-order valence-electron chi connectivity index (χ2n) is 5.46. The number of rotatable bonds is 5. The van der Waals surface area contributed by atoms with Crippen LogP contribution in [0.25, 0.3) is 0 Å². The Balaban J connectivity index is 2.88. The van der Waals surface area contributed by atoms with Crippen LogP contribution < -0.4 is 16.2 Å². The number of allylic oxidation sites excluding steroid dienone is 1. The van der Waals surface area contributed by atoms with Crippen molar-refractivity contribution in [1.82, 2.24) is 0 Å². The van der Waals surface area contributed by atoms with Crippen molar-refractivity contribution in [1.29, 1.82) is 0 Å². The predicted octanol–water partition coefficient (Wildman–Crippen LogP) is 1.94. The fourth-order valence-corrected chi connectivity index (χ4v) is 1.36. The molecule has 0 unspecified atom stereocenters. The maximum absolute atomic E-state index is 8.72. The molecule has 110 valence electrons. The summed E-state index contributed by atoms with van der Waals surface area (Å²) in [5.41, 5.74) is 13.0.